The van der Waals surface area contributed by atoms with Gasteiger partial charge in [0.1, 0.15) is 0 Å². The van der Waals surface area contributed by atoms with E-state index in [2.05, 4.69) is 0 Å². The highest BCUT2D eigenvalue weighted by atomic mass is 35.5. The van der Waals surface area contributed by atoms with Gasteiger partial charge in [0.05, 0.1) is 0 Å². The standard InChI is InChI=1S/C8H11ClO7P2/c9-7-3-1-6(2-4-7)5-8(10,17(11,12)13)18(14,15)16/h1-4,10H,5H2,(H2,11,12,13)(H2,14,15,16). The fourth-order valence-electron chi connectivity index (χ4n) is 1.25. The average molecular weight is 317 g/mol. The Morgan fingerprint density at radius 1 is 1.00 bits per heavy atom. The molecular weight excluding hydrogens is 305 g/mol. The molecule has 0 saturated carbocycles. The molecule has 0 atom stereocenters. The van der Waals surface area contributed by atoms with Crippen molar-refractivity contribution in [3.63, 3.8) is 0 Å². The van der Waals surface area contributed by atoms with Crippen molar-refractivity contribution >= 4 is 26.8 Å². The van der Waals surface area contributed by atoms with Crippen molar-refractivity contribution in [1.82, 2.24) is 0 Å². The van der Waals surface area contributed by atoms with Crippen LogP contribution in [0.25, 0.3) is 0 Å². The molecule has 0 aliphatic rings. The number of hydrogen-bond acceptors (Lipinski definition) is 3. The Morgan fingerprint density at radius 3 is 1.72 bits per heavy atom. The SMILES string of the molecule is O=P(O)(O)C(O)(Cc1ccc(Cl)cc1)P(=O)(O)O. The summed E-state index contributed by atoms with van der Waals surface area (Å²) in [5.74, 6) is 0. The van der Waals surface area contributed by atoms with E-state index in [1.54, 1.807) is 0 Å². The number of rotatable bonds is 4. The Hall–Kier alpha value is -0.230. The molecule has 1 aromatic carbocycles. The van der Waals surface area contributed by atoms with Crippen molar-refractivity contribution in [3.8, 4) is 0 Å². The minimum Gasteiger partial charge on any atom is -0.367 e. The summed E-state index contributed by atoms with van der Waals surface area (Å²) >= 11 is 5.59. The summed E-state index contributed by atoms with van der Waals surface area (Å²) in [6.45, 7) is 0. The van der Waals surface area contributed by atoms with E-state index in [1.165, 1.54) is 24.3 Å². The smallest absolute Gasteiger partial charge is 0.367 e. The molecule has 10 heteroatoms. The molecule has 18 heavy (non-hydrogen) atoms. The van der Waals surface area contributed by atoms with E-state index in [4.69, 9.17) is 31.2 Å². The van der Waals surface area contributed by atoms with Gasteiger partial charge in [-0.15, -0.1) is 0 Å². The molecule has 102 valence electrons. The van der Waals surface area contributed by atoms with Gasteiger partial charge in [-0.3, -0.25) is 9.13 Å². The van der Waals surface area contributed by atoms with Gasteiger partial charge in [-0.05, 0) is 17.7 Å². The highest BCUT2D eigenvalue weighted by molar-refractivity contribution is 7.72. The van der Waals surface area contributed by atoms with Gasteiger partial charge in [0, 0.05) is 11.4 Å². The van der Waals surface area contributed by atoms with Gasteiger partial charge in [0.25, 0.3) is 5.08 Å². The molecule has 0 spiro atoms. The van der Waals surface area contributed by atoms with E-state index in [9.17, 15) is 14.2 Å². The molecule has 0 aliphatic heterocycles. The molecule has 0 amide bonds. The normalized spacial score (nSPS) is 13.7. The van der Waals surface area contributed by atoms with Gasteiger partial charge in [-0.25, -0.2) is 0 Å². The van der Waals surface area contributed by atoms with Crippen LogP contribution in [0.4, 0.5) is 0 Å². The monoisotopic (exact) mass is 316 g/mol. The predicted octanol–water partition coefficient (Wildman–Crippen LogP) is 0.884. The lowest BCUT2D eigenvalue weighted by Crippen LogP contribution is -2.31. The van der Waals surface area contributed by atoms with Crippen LogP contribution in [0.15, 0.2) is 24.3 Å². The van der Waals surface area contributed by atoms with Gasteiger partial charge in [-0.1, -0.05) is 23.7 Å². The van der Waals surface area contributed by atoms with Crippen LogP contribution in [-0.4, -0.2) is 29.8 Å². The first-order chi connectivity index (χ1) is 7.97. The zero-order valence-electron chi connectivity index (χ0n) is 8.84. The van der Waals surface area contributed by atoms with E-state index >= 15 is 0 Å². The van der Waals surface area contributed by atoms with Crippen LogP contribution in [0.2, 0.25) is 5.02 Å². The first-order valence-corrected chi connectivity index (χ1v) is 8.16. The van der Waals surface area contributed by atoms with Crippen LogP contribution in [0.1, 0.15) is 5.56 Å². The second kappa shape index (κ2) is 5.04. The zero-order valence-corrected chi connectivity index (χ0v) is 11.4. The number of halogens is 1. The third-order valence-electron chi connectivity index (χ3n) is 2.29. The largest absolute Gasteiger partial charge is 0.369 e. The Balaban J connectivity index is 3.20. The minimum absolute atomic E-state index is 0.133. The lowest BCUT2D eigenvalue weighted by molar-refractivity contribution is 0.131. The van der Waals surface area contributed by atoms with Crippen molar-refractivity contribution in [1.29, 1.82) is 0 Å². The highest BCUT2D eigenvalue weighted by Crippen LogP contribution is 2.68. The Labute approximate surface area is 107 Å². The van der Waals surface area contributed by atoms with Crippen LogP contribution in [-0.2, 0) is 15.6 Å². The van der Waals surface area contributed by atoms with Crippen molar-refractivity contribution in [2.45, 2.75) is 11.5 Å². The zero-order chi connectivity index (χ0) is 14.2. The van der Waals surface area contributed by atoms with Gasteiger partial charge in [0.2, 0.25) is 0 Å². The maximum atomic E-state index is 11.1. The number of hydrogen-bond donors (Lipinski definition) is 5. The molecule has 0 radical (unpaired) electrons. The van der Waals surface area contributed by atoms with Gasteiger partial charge in [0.15, 0.2) is 0 Å². The predicted molar refractivity (Wildman–Crippen MR) is 64.2 cm³/mol. The molecule has 0 fully saturated rings. The molecule has 0 aromatic heterocycles. The van der Waals surface area contributed by atoms with Crippen LogP contribution < -0.4 is 0 Å². The van der Waals surface area contributed by atoms with E-state index in [1.807, 2.05) is 0 Å². The third-order valence-corrected chi connectivity index (χ3v) is 6.29. The first kappa shape index (κ1) is 15.8. The van der Waals surface area contributed by atoms with Crippen LogP contribution in [0.3, 0.4) is 0 Å². The lowest BCUT2D eigenvalue weighted by atomic mass is 10.2. The van der Waals surface area contributed by atoms with E-state index in [-0.39, 0.29) is 5.56 Å². The second-order valence-electron chi connectivity index (χ2n) is 3.67. The fraction of sp³-hybridized carbons (Fsp3) is 0.250. The molecule has 7 nitrogen and oxygen atoms in total. The summed E-state index contributed by atoms with van der Waals surface area (Å²) in [6, 6.07) is 5.35. The van der Waals surface area contributed by atoms with Gasteiger partial charge < -0.3 is 24.7 Å². The lowest BCUT2D eigenvalue weighted by Gasteiger charge is -2.29. The summed E-state index contributed by atoms with van der Waals surface area (Å²) in [5, 5.41) is 6.55. The molecule has 0 saturated heterocycles. The first-order valence-electron chi connectivity index (χ1n) is 4.55. The van der Waals surface area contributed by atoms with Crippen LogP contribution in [0.5, 0.6) is 0 Å². The average Bonchev–Trinajstić information content (AvgIpc) is 2.18. The maximum Gasteiger partial charge on any atom is 0.369 e. The molecule has 1 rings (SSSR count). The molecule has 0 unspecified atom stereocenters. The summed E-state index contributed by atoms with van der Waals surface area (Å²) in [4.78, 5) is 35.7. The molecular formula is C8H11ClO7P2. The summed E-state index contributed by atoms with van der Waals surface area (Å²) in [7, 11) is -10.9. The Morgan fingerprint density at radius 2 is 1.39 bits per heavy atom. The second-order valence-corrected chi connectivity index (χ2v) is 8.11. The summed E-state index contributed by atoms with van der Waals surface area (Å²) in [6.07, 6.45) is -0.890. The maximum absolute atomic E-state index is 11.1. The quantitative estimate of drug-likeness (QED) is 0.520. The highest BCUT2D eigenvalue weighted by Gasteiger charge is 2.59. The molecule has 1 aromatic rings. The minimum atomic E-state index is -5.43. The van der Waals surface area contributed by atoms with Crippen molar-refractivity contribution in [2.75, 3.05) is 0 Å². The van der Waals surface area contributed by atoms with Crippen LogP contribution in [0, 0.1) is 0 Å². The van der Waals surface area contributed by atoms with E-state index in [0.29, 0.717) is 5.02 Å². The van der Waals surface area contributed by atoms with Crippen LogP contribution >= 0.6 is 26.8 Å². The molecule has 5 N–H and O–H groups in total. The van der Waals surface area contributed by atoms with Crippen molar-refractivity contribution in [3.05, 3.63) is 34.9 Å². The Bertz CT molecular complexity index is 495. The Kier molecular flexibility index (Phi) is 4.43. The van der Waals surface area contributed by atoms with E-state index < -0.39 is 26.7 Å². The van der Waals surface area contributed by atoms with Crippen molar-refractivity contribution < 1.29 is 33.8 Å². The van der Waals surface area contributed by atoms with E-state index in [0.717, 1.165) is 0 Å². The molecule has 0 bridgehead atoms. The molecule has 0 heterocycles. The van der Waals surface area contributed by atoms with Gasteiger partial charge in [-0.2, -0.15) is 0 Å². The number of aliphatic hydroxyl groups is 1. The summed E-state index contributed by atoms with van der Waals surface area (Å²) < 4.78 is 22.2. The van der Waals surface area contributed by atoms with Crippen molar-refractivity contribution in [2.24, 2.45) is 0 Å². The molecule has 0 aliphatic carbocycles. The summed E-state index contributed by atoms with van der Waals surface area (Å²) in [5.41, 5.74) is 0.133. The fourth-order valence-corrected chi connectivity index (χ4v) is 3.51. The third kappa shape index (κ3) is 3.20. The topological polar surface area (TPSA) is 135 Å². The number of benzene rings is 1. The van der Waals surface area contributed by atoms with Gasteiger partial charge >= 0.3 is 15.2 Å².